The Morgan fingerprint density at radius 1 is 1.47 bits per heavy atom. The predicted octanol–water partition coefficient (Wildman–Crippen LogP) is 0.267. The van der Waals surface area contributed by atoms with Gasteiger partial charge in [0.1, 0.15) is 0 Å². The van der Waals surface area contributed by atoms with Crippen molar-refractivity contribution in [3.8, 4) is 0 Å². The third kappa shape index (κ3) is 3.23. The minimum Gasteiger partial charge on any atom is -0.314 e. The van der Waals surface area contributed by atoms with Gasteiger partial charge in [0.05, 0.1) is 6.54 Å². The van der Waals surface area contributed by atoms with Gasteiger partial charge in [0, 0.05) is 32.2 Å². The number of unbranched alkanes of at least 4 members (excludes halogenated alkanes) is 1. The third-order valence-electron chi connectivity index (χ3n) is 3.31. The molecule has 6 heteroatoms. The van der Waals surface area contributed by atoms with Crippen LogP contribution in [0.5, 0.6) is 0 Å². The van der Waals surface area contributed by atoms with Gasteiger partial charge in [-0.2, -0.15) is 0 Å². The molecular formula is C11H22N6. The third-order valence-corrected chi connectivity index (χ3v) is 3.31. The standard InChI is InChI=1S/C11H22N6/c1-3-4-6-17-11(13-14-15-17)9-16-7-5-12-8-10(16)2/h10,12H,3-9H2,1-2H3/t10-/m1/s1. The van der Waals surface area contributed by atoms with Crippen molar-refractivity contribution in [3.05, 3.63) is 5.82 Å². The number of rotatable bonds is 5. The van der Waals surface area contributed by atoms with Gasteiger partial charge in [0.15, 0.2) is 5.82 Å². The SMILES string of the molecule is CCCCn1nnnc1CN1CCNC[C@H]1C. The van der Waals surface area contributed by atoms with E-state index in [-0.39, 0.29) is 0 Å². The second kappa shape index (κ2) is 6.07. The molecule has 0 saturated carbocycles. The number of hydrogen-bond donors (Lipinski definition) is 1. The van der Waals surface area contributed by atoms with Gasteiger partial charge in [0.25, 0.3) is 0 Å². The molecular weight excluding hydrogens is 216 g/mol. The molecule has 1 N–H and O–H groups in total. The van der Waals surface area contributed by atoms with Crippen LogP contribution in [0.4, 0.5) is 0 Å². The van der Waals surface area contributed by atoms with E-state index in [1.54, 1.807) is 0 Å². The van der Waals surface area contributed by atoms with E-state index in [9.17, 15) is 0 Å². The maximum absolute atomic E-state index is 4.14. The van der Waals surface area contributed by atoms with Crippen LogP contribution in [0.1, 0.15) is 32.5 Å². The topological polar surface area (TPSA) is 58.9 Å². The van der Waals surface area contributed by atoms with Gasteiger partial charge in [-0.25, -0.2) is 4.68 Å². The highest BCUT2D eigenvalue weighted by atomic mass is 15.5. The fraction of sp³-hybridized carbons (Fsp3) is 0.909. The summed E-state index contributed by atoms with van der Waals surface area (Å²) in [6.07, 6.45) is 2.30. The van der Waals surface area contributed by atoms with Crippen molar-refractivity contribution in [1.29, 1.82) is 0 Å². The molecule has 1 atom stereocenters. The lowest BCUT2D eigenvalue weighted by atomic mass is 10.2. The maximum atomic E-state index is 4.14. The molecule has 1 aliphatic heterocycles. The molecule has 0 amide bonds. The summed E-state index contributed by atoms with van der Waals surface area (Å²) in [6, 6.07) is 0.556. The normalized spacial score (nSPS) is 21.9. The zero-order valence-electron chi connectivity index (χ0n) is 10.8. The van der Waals surface area contributed by atoms with Crippen molar-refractivity contribution in [2.24, 2.45) is 0 Å². The highest BCUT2D eigenvalue weighted by Gasteiger charge is 2.20. The molecule has 1 saturated heterocycles. The van der Waals surface area contributed by atoms with E-state index in [2.05, 4.69) is 39.6 Å². The van der Waals surface area contributed by atoms with Gasteiger partial charge in [-0.15, -0.1) is 5.10 Å². The molecule has 0 aliphatic carbocycles. The van der Waals surface area contributed by atoms with E-state index in [0.29, 0.717) is 6.04 Å². The number of aromatic nitrogens is 4. The Morgan fingerprint density at radius 2 is 2.35 bits per heavy atom. The van der Waals surface area contributed by atoms with Crippen molar-refractivity contribution in [3.63, 3.8) is 0 Å². The highest BCUT2D eigenvalue weighted by Crippen LogP contribution is 2.08. The predicted molar refractivity (Wildman–Crippen MR) is 65.5 cm³/mol. The minimum atomic E-state index is 0.556. The monoisotopic (exact) mass is 238 g/mol. The molecule has 0 unspecified atom stereocenters. The number of piperazine rings is 1. The first-order valence-electron chi connectivity index (χ1n) is 6.51. The molecule has 1 aromatic rings. The molecule has 6 nitrogen and oxygen atoms in total. The molecule has 2 heterocycles. The Morgan fingerprint density at radius 3 is 3.12 bits per heavy atom. The molecule has 0 bridgehead atoms. The Kier molecular flexibility index (Phi) is 4.44. The molecule has 0 aromatic carbocycles. The van der Waals surface area contributed by atoms with Crippen molar-refractivity contribution in [2.45, 2.75) is 45.8 Å². The van der Waals surface area contributed by atoms with Crippen LogP contribution in [0.25, 0.3) is 0 Å². The van der Waals surface area contributed by atoms with Crippen molar-refractivity contribution in [2.75, 3.05) is 19.6 Å². The first-order chi connectivity index (χ1) is 8.31. The van der Waals surface area contributed by atoms with Gasteiger partial charge >= 0.3 is 0 Å². The molecule has 0 radical (unpaired) electrons. The second-order valence-corrected chi connectivity index (χ2v) is 4.70. The second-order valence-electron chi connectivity index (χ2n) is 4.70. The zero-order valence-corrected chi connectivity index (χ0v) is 10.8. The maximum Gasteiger partial charge on any atom is 0.165 e. The lowest BCUT2D eigenvalue weighted by Gasteiger charge is -2.33. The molecule has 2 rings (SSSR count). The highest BCUT2D eigenvalue weighted by molar-refractivity contribution is 4.85. The summed E-state index contributed by atoms with van der Waals surface area (Å²) in [5, 5.41) is 15.4. The smallest absolute Gasteiger partial charge is 0.165 e. The summed E-state index contributed by atoms with van der Waals surface area (Å²) < 4.78 is 1.94. The lowest BCUT2D eigenvalue weighted by Crippen LogP contribution is -2.49. The van der Waals surface area contributed by atoms with E-state index in [1.807, 2.05) is 4.68 Å². The summed E-state index contributed by atoms with van der Waals surface area (Å²) in [5.41, 5.74) is 0. The van der Waals surface area contributed by atoms with E-state index in [4.69, 9.17) is 0 Å². The average molecular weight is 238 g/mol. The number of nitrogens with zero attached hydrogens (tertiary/aromatic N) is 5. The average Bonchev–Trinajstić information content (AvgIpc) is 2.77. The van der Waals surface area contributed by atoms with Gasteiger partial charge < -0.3 is 5.32 Å². The summed E-state index contributed by atoms with van der Waals surface area (Å²) in [4.78, 5) is 2.44. The first-order valence-corrected chi connectivity index (χ1v) is 6.51. The number of hydrogen-bond acceptors (Lipinski definition) is 5. The van der Waals surface area contributed by atoms with Crippen LogP contribution in [-0.4, -0.2) is 50.8 Å². The van der Waals surface area contributed by atoms with Crippen molar-refractivity contribution >= 4 is 0 Å². The molecule has 0 spiro atoms. The number of tetrazole rings is 1. The Bertz CT molecular complexity index is 336. The van der Waals surface area contributed by atoms with Crippen LogP contribution < -0.4 is 5.32 Å². The molecule has 96 valence electrons. The van der Waals surface area contributed by atoms with Gasteiger partial charge in [-0.3, -0.25) is 4.90 Å². The summed E-state index contributed by atoms with van der Waals surface area (Å²) in [6.45, 7) is 9.40. The van der Waals surface area contributed by atoms with Crippen LogP contribution in [0.3, 0.4) is 0 Å². The molecule has 1 aliphatic rings. The van der Waals surface area contributed by atoms with Crippen LogP contribution in [0, 0.1) is 0 Å². The Hall–Kier alpha value is -1.01. The van der Waals surface area contributed by atoms with Gasteiger partial charge in [0.2, 0.25) is 0 Å². The minimum absolute atomic E-state index is 0.556. The Labute approximate surface area is 102 Å². The fourth-order valence-corrected chi connectivity index (χ4v) is 2.12. The van der Waals surface area contributed by atoms with E-state index < -0.39 is 0 Å². The summed E-state index contributed by atoms with van der Waals surface area (Å²) >= 11 is 0. The molecule has 1 fully saturated rings. The summed E-state index contributed by atoms with van der Waals surface area (Å²) in [7, 11) is 0. The number of aryl methyl sites for hydroxylation is 1. The van der Waals surface area contributed by atoms with Crippen LogP contribution in [0.2, 0.25) is 0 Å². The summed E-state index contributed by atoms with van der Waals surface area (Å²) in [5.74, 6) is 0.993. The first kappa shape index (κ1) is 12.4. The fourth-order valence-electron chi connectivity index (χ4n) is 2.12. The molecule has 1 aromatic heterocycles. The van der Waals surface area contributed by atoms with Crippen LogP contribution >= 0.6 is 0 Å². The quantitative estimate of drug-likeness (QED) is 0.798. The molecule has 17 heavy (non-hydrogen) atoms. The largest absolute Gasteiger partial charge is 0.314 e. The van der Waals surface area contributed by atoms with Crippen molar-refractivity contribution < 1.29 is 0 Å². The van der Waals surface area contributed by atoms with E-state index >= 15 is 0 Å². The number of nitrogens with one attached hydrogen (secondary N) is 1. The Balaban J connectivity index is 1.95. The van der Waals surface area contributed by atoms with Crippen LogP contribution in [-0.2, 0) is 13.1 Å². The zero-order chi connectivity index (χ0) is 12.1. The van der Waals surface area contributed by atoms with E-state index in [1.165, 1.54) is 6.42 Å². The van der Waals surface area contributed by atoms with Crippen LogP contribution in [0.15, 0.2) is 0 Å². The van der Waals surface area contributed by atoms with Gasteiger partial charge in [-0.1, -0.05) is 13.3 Å². The van der Waals surface area contributed by atoms with Gasteiger partial charge in [-0.05, 0) is 23.8 Å². The van der Waals surface area contributed by atoms with E-state index in [0.717, 1.165) is 45.0 Å². The lowest BCUT2D eigenvalue weighted by molar-refractivity contribution is 0.159. The van der Waals surface area contributed by atoms with Crippen molar-refractivity contribution in [1.82, 2.24) is 30.4 Å².